The van der Waals surface area contributed by atoms with Crippen molar-refractivity contribution in [3.63, 3.8) is 0 Å². The molecule has 4 aromatic heterocycles. The van der Waals surface area contributed by atoms with Gasteiger partial charge in [0.05, 0.1) is 17.8 Å². The summed E-state index contributed by atoms with van der Waals surface area (Å²) in [6.45, 7) is -0.412. The van der Waals surface area contributed by atoms with Crippen LogP contribution >= 0.6 is 22.7 Å². The molecule has 0 radical (unpaired) electrons. The van der Waals surface area contributed by atoms with Gasteiger partial charge in [-0.25, -0.2) is 9.97 Å². The molecule has 1 aliphatic rings. The molecule has 150 valence electrons. The van der Waals surface area contributed by atoms with E-state index in [-0.39, 0.29) is 5.95 Å². The van der Waals surface area contributed by atoms with Crippen LogP contribution in [0.1, 0.15) is 6.23 Å². The summed E-state index contributed by atoms with van der Waals surface area (Å²) in [5.41, 5.74) is 7.44. The Hall–Kier alpha value is -2.41. The third-order valence-corrected chi connectivity index (χ3v) is 6.99. The molecule has 0 saturated carbocycles. The lowest BCUT2D eigenvalue weighted by atomic mass is 10.1. The number of fused-ring (bicyclic) bond motifs is 1. The summed E-state index contributed by atoms with van der Waals surface area (Å²) in [6, 6.07) is 8.05. The van der Waals surface area contributed by atoms with E-state index in [0.29, 0.717) is 16.9 Å². The Kier molecular flexibility index (Phi) is 4.57. The van der Waals surface area contributed by atoms with Crippen LogP contribution < -0.4 is 5.73 Å². The van der Waals surface area contributed by atoms with Gasteiger partial charge >= 0.3 is 0 Å². The summed E-state index contributed by atoms with van der Waals surface area (Å²) in [5, 5.41) is 31.8. The molecule has 1 saturated heterocycles. The van der Waals surface area contributed by atoms with E-state index in [9.17, 15) is 15.3 Å². The lowest BCUT2D eigenvalue weighted by Gasteiger charge is -2.16. The van der Waals surface area contributed by atoms with Gasteiger partial charge in [-0.3, -0.25) is 4.57 Å². The van der Waals surface area contributed by atoms with E-state index in [0.717, 1.165) is 14.6 Å². The Balaban J connectivity index is 1.59. The Labute approximate surface area is 172 Å². The van der Waals surface area contributed by atoms with E-state index in [1.165, 1.54) is 10.9 Å². The Bertz CT molecular complexity index is 1160. The van der Waals surface area contributed by atoms with Crippen LogP contribution in [0.25, 0.3) is 31.5 Å². The topological polar surface area (TPSA) is 140 Å². The molecule has 9 nitrogen and oxygen atoms in total. The maximum Gasteiger partial charge on any atom is 0.222 e. The zero-order valence-electron chi connectivity index (χ0n) is 14.9. The van der Waals surface area contributed by atoms with Gasteiger partial charge in [0.25, 0.3) is 0 Å². The Morgan fingerprint density at radius 3 is 2.66 bits per heavy atom. The second kappa shape index (κ2) is 7.13. The van der Waals surface area contributed by atoms with Crippen molar-refractivity contribution in [2.45, 2.75) is 24.5 Å². The average molecular weight is 431 g/mol. The molecular weight excluding hydrogens is 414 g/mol. The number of aliphatic hydroxyl groups excluding tert-OH is 3. The highest BCUT2D eigenvalue weighted by Crippen LogP contribution is 2.39. The minimum Gasteiger partial charge on any atom is -0.394 e. The standard InChI is InChI=1S/C18H17N5O4S2/c19-18-21-12(11-4-3-10(29-11)9-2-1-5-28-9)13-16(22-18)23(7-20-13)17-15(26)14(25)8(6-24)27-17/h1-5,7-8,14-15,17,24-26H,6H2,(H2,19,21,22)/t8-,14-,15-,17-/m1/s1. The number of ether oxygens (including phenoxy) is 1. The fourth-order valence-corrected chi connectivity index (χ4v) is 5.25. The van der Waals surface area contributed by atoms with Gasteiger partial charge in [0.15, 0.2) is 11.9 Å². The van der Waals surface area contributed by atoms with Crippen LogP contribution in [0, 0.1) is 0 Å². The van der Waals surface area contributed by atoms with Crippen LogP contribution in [0.15, 0.2) is 36.0 Å². The molecule has 5 heterocycles. The first-order chi connectivity index (χ1) is 14.1. The molecule has 5 rings (SSSR count). The number of aromatic nitrogens is 4. The Morgan fingerprint density at radius 2 is 1.93 bits per heavy atom. The number of nitrogens with zero attached hydrogens (tertiary/aromatic N) is 4. The normalized spacial score (nSPS) is 24.5. The number of aliphatic hydroxyl groups is 3. The zero-order chi connectivity index (χ0) is 20.1. The molecule has 1 aliphatic heterocycles. The Morgan fingerprint density at radius 1 is 1.10 bits per heavy atom. The molecule has 0 unspecified atom stereocenters. The first-order valence-electron chi connectivity index (χ1n) is 8.83. The molecule has 0 aromatic carbocycles. The SMILES string of the molecule is Nc1nc(-c2ccc(-c3cccs3)s2)c2ncn([C@@H]3O[C@H](CO)[C@@H](O)[C@H]3O)c2n1. The van der Waals surface area contributed by atoms with E-state index < -0.39 is 31.1 Å². The monoisotopic (exact) mass is 431 g/mol. The molecule has 4 atom stereocenters. The van der Waals surface area contributed by atoms with Crippen molar-refractivity contribution in [3.05, 3.63) is 36.0 Å². The molecule has 1 fully saturated rings. The molecule has 5 N–H and O–H groups in total. The quantitative estimate of drug-likeness (QED) is 0.381. The highest BCUT2D eigenvalue weighted by molar-refractivity contribution is 7.23. The number of imidazole rings is 1. The summed E-state index contributed by atoms with van der Waals surface area (Å²) in [7, 11) is 0. The van der Waals surface area contributed by atoms with Crippen molar-refractivity contribution in [2.24, 2.45) is 0 Å². The highest BCUT2D eigenvalue weighted by atomic mass is 32.1. The maximum absolute atomic E-state index is 10.3. The third kappa shape index (κ3) is 3.03. The van der Waals surface area contributed by atoms with Gasteiger partial charge in [-0.05, 0) is 23.6 Å². The summed E-state index contributed by atoms with van der Waals surface area (Å²) in [4.78, 5) is 16.2. The molecular formula is C18H17N5O4S2. The number of thiophene rings is 2. The molecule has 0 bridgehead atoms. The van der Waals surface area contributed by atoms with Crippen LogP contribution in [0.2, 0.25) is 0 Å². The van der Waals surface area contributed by atoms with Crippen molar-refractivity contribution in [3.8, 4) is 20.3 Å². The van der Waals surface area contributed by atoms with Gasteiger partial charge in [-0.2, -0.15) is 4.98 Å². The molecule has 0 spiro atoms. The van der Waals surface area contributed by atoms with Crippen molar-refractivity contribution in [2.75, 3.05) is 12.3 Å². The molecule has 29 heavy (non-hydrogen) atoms. The largest absolute Gasteiger partial charge is 0.394 e. The van der Waals surface area contributed by atoms with Crippen molar-refractivity contribution < 1.29 is 20.1 Å². The number of nitrogens with two attached hydrogens (primary N) is 1. The highest BCUT2D eigenvalue weighted by Gasteiger charge is 2.44. The minimum absolute atomic E-state index is 0.0621. The summed E-state index contributed by atoms with van der Waals surface area (Å²) in [5.74, 6) is 0.0621. The first-order valence-corrected chi connectivity index (χ1v) is 10.5. The minimum atomic E-state index is -1.24. The predicted molar refractivity (Wildman–Crippen MR) is 109 cm³/mol. The van der Waals surface area contributed by atoms with Crippen molar-refractivity contribution in [1.82, 2.24) is 19.5 Å². The number of rotatable bonds is 4. The van der Waals surface area contributed by atoms with Gasteiger partial charge < -0.3 is 25.8 Å². The van der Waals surface area contributed by atoms with Gasteiger partial charge in [-0.15, -0.1) is 22.7 Å². The van der Waals surface area contributed by atoms with Gasteiger partial charge in [0.1, 0.15) is 29.5 Å². The fourth-order valence-electron chi connectivity index (χ4n) is 3.42. The third-order valence-electron chi connectivity index (χ3n) is 4.83. The van der Waals surface area contributed by atoms with Crippen LogP contribution in [-0.4, -0.2) is 59.8 Å². The second-order valence-corrected chi connectivity index (χ2v) is 8.66. The summed E-state index contributed by atoms with van der Waals surface area (Å²) < 4.78 is 7.11. The maximum atomic E-state index is 10.3. The number of nitrogen functional groups attached to an aromatic ring is 1. The van der Waals surface area contributed by atoms with E-state index in [2.05, 4.69) is 21.0 Å². The van der Waals surface area contributed by atoms with Crippen LogP contribution in [-0.2, 0) is 4.74 Å². The molecule has 11 heteroatoms. The summed E-state index contributed by atoms with van der Waals surface area (Å²) in [6.07, 6.45) is -2.82. The smallest absolute Gasteiger partial charge is 0.222 e. The van der Waals surface area contributed by atoms with Crippen molar-refractivity contribution in [1.29, 1.82) is 0 Å². The molecule has 0 amide bonds. The molecule has 0 aliphatic carbocycles. The van der Waals surface area contributed by atoms with Crippen molar-refractivity contribution >= 4 is 39.8 Å². The summed E-state index contributed by atoms with van der Waals surface area (Å²) >= 11 is 3.24. The number of hydrogen-bond donors (Lipinski definition) is 4. The number of anilines is 1. The van der Waals surface area contributed by atoms with Gasteiger partial charge in [-0.1, -0.05) is 6.07 Å². The van der Waals surface area contributed by atoms with E-state index in [4.69, 9.17) is 10.5 Å². The first kappa shape index (κ1) is 18.6. The van der Waals surface area contributed by atoms with Crippen LogP contribution in [0.4, 0.5) is 5.95 Å². The van der Waals surface area contributed by atoms with Crippen LogP contribution in [0.3, 0.4) is 0 Å². The van der Waals surface area contributed by atoms with Gasteiger partial charge in [0, 0.05) is 9.75 Å². The van der Waals surface area contributed by atoms with Crippen LogP contribution in [0.5, 0.6) is 0 Å². The fraction of sp³-hybridized carbons (Fsp3) is 0.278. The van der Waals surface area contributed by atoms with Gasteiger partial charge in [0.2, 0.25) is 5.95 Å². The average Bonchev–Trinajstić information content (AvgIpc) is 3.49. The number of hydrogen-bond acceptors (Lipinski definition) is 10. The lowest BCUT2D eigenvalue weighted by molar-refractivity contribution is -0.0511. The predicted octanol–water partition coefficient (Wildman–Crippen LogP) is 1.48. The zero-order valence-corrected chi connectivity index (χ0v) is 16.5. The van der Waals surface area contributed by atoms with E-state index in [1.54, 1.807) is 22.7 Å². The second-order valence-electron chi connectivity index (χ2n) is 6.62. The molecule has 4 aromatic rings. The van der Waals surface area contributed by atoms with E-state index >= 15 is 0 Å². The van der Waals surface area contributed by atoms with E-state index in [1.807, 2.05) is 23.6 Å². The lowest BCUT2D eigenvalue weighted by Crippen LogP contribution is -2.33.